The van der Waals surface area contributed by atoms with Crippen molar-refractivity contribution in [3.05, 3.63) is 33.4 Å². The molecule has 26 heavy (non-hydrogen) atoms. The minimum atomic E-state index is -1.58. The lowest BCUT2D eigenvalue weighted by molar-refractivity contribution is 0.0632. The van der Waals surface area contributed by atoms with E-state index in [1.165, 1.54) is 0 Å². The van der Waals surface area contributed by atoms with E-state index in [0.29, 0.717) is 25.7 Å². The maximum absolute atomic E-state index is 11.8. The van der Waals surface area contributed by atoms with Crippen molar-refractivity contribution < 1.29 is 39.6 Å². The maximum Gasteiger partial charge on any atom is 0.336 e. The maximum atomic E-state index is 11.8. The second kappa shape index (κ2) is 8.98. The van der Waals surface area contributed by atoms with Crippen molar-refractivity contribution in [2.45, 2.75) is 52.4 Å². The lowest BCUT2D eigenvalue weighted by Gasteiger charge is -2.20. The molecule has 0 unspecified atom stereocenters. The highest BCUT2D eigenvalue weighted by atomic mass is 16.4. The number of carboxylic acid groups (broad SMARTS) is 4. The van der Waals surface area contributed by atoms with Crippen LogP contribution in [0.3, 0.4) is 0 Å². The Morgan fingerprint density at radius 3 is 0.962 bits per heavy atom. The Bertz CT molecular complexity index is 632. The van der Waals surface area contributed by atoms with Gasteiger partial charge < -0.3 is 20.4 Å². The summed E-state index contributed by atoms with van der Waals surface area (Å²) in [6, 6.07) is 0. The topological polar surface area (TPSA) is 149 Å². The van der Waals surface area contributed by atoms with E-state index in [2.05, 4.69) is 0 Å². The third-order valence-corrected chi connectivity index (χ3v) is 4.12. The number of unbranched alkanes of at least 4 members (excludes halogenated alkanes) is 2. The summed E-state index contributed by atoms with van der Waals surface area (Å²) < 4.78 is 0. The largest absolute Gasteiger partial charge is 0.478 e. The molecule has 1 aromatic rings. The first-order valence-corrected chi connectivity index (χ1v) is 8.33. The molecule has 0 radical (unpaired) electrons. The predicted molar refractivity (Wildman–Crippen MR) is 91.5 cm³/mol. The molecular weight excluding hydrogens is 344 g/mol. The number of rotatable bonds is 10. The Hall–Kier alpha value is -2.90. The number of carbonyl (C=O) groups is 4. The van der Waals surface area contributed by atoms with E-state index in [-0.39, 0.29) is 24.0 Å². The molecule has 0 aliphatic carbocycles. The van der Waals surface area contributed by atoms with Gasteiger partial charge in [-0.3, -0.25) is 0 Å². The van der Waals surface area contributed by atoms with Crippen LogP contribution in [-0.4, -0.2) is 44.3 Å². The van der Waals surface area contributed by atoms with E-state index in [9.17, 15) is 39.6 Å². The third kappa shape index (κ3) is 4.19. The molecular formula is C18H22O8. The van der Waals surface area contributed by atoms with Crippen LogP contribution in [0.1, 0.15) is 92.1 Å². The van der Waals surface area contributed by atoms with Crippen LogP contribution >= 0.6 is 0 Å². The summed E-state index contributed by atoms with van der Waals surface area (Å²) >= 11 is 0. The fourth-order valence-electron chi connectivity index (χ4n) is 3.00. The molecule has 0 saturated heterocycles. The van der Waals surface area contributed by atoms with Crippen molar-refractivity contribution in [2.75, 3.05) is 0 Å². The van der Waals surface area contributed by atoms with Crippen LogP contribution in [0.5, 0.6) is 0 Å². The summed E-state index contributed by atoms with van der Waals surface area (Å²) in [6.07, 6.45) is 1.92. The Labute approximate surface area is 150 Å². The average Bonchev–Trinajstić information content (AvgIpc) is 2.55. The highest BCUT2D eigenvalue weighted by Gasteiger charge is 2.34. The Morgan fingerprint density at radius 1 is 0.577 bits per heavy atom. The smallest absolute Gasteiger partial charge is 0.336 e. The van der Waals surface area contributed by atoms with Crippen molar-refractivity contribution in [1.82, 2.24) is 0 Å². The molecule has 0 spiro atoms. The molecule has 0 heterocycles. The minimum absolute atomic E-state index is 0.0333. The molecule has 0 aliphatic heterocycles. The number of hydrogen-bond donors (Lipinski definition) is 4. The van der Waals surface area contributed by atoms with Crippen LogP contribution < -0.4 is 0 Å². The molecule has 1 rings (SSSR count). The standard InChI is InChI=1S/C18H22O8/c1-3-5-7-9-11(15(19)20)13(17(23)24)10(8-6-4-2)14(18(25)26)12(9)16(21)22/h3-8H2,1-2H3,(H,19,20)(H,21,22)(H,23,24)(H,25,26). The third-order valence-electron chi connectivity index (χ3n) is 4.12. The van der Waals surface area contributed by atoms with Crippen LogP contribution in [0, 0.1) is 0 Å². The van der Waals surface area contributed by atoms with Crippen LogP contribution in [0.25, 0.3) is 0 Å². The van der Waals surface area contributed by atoms with Crippen LogP contribution in [0.2, 0.25) is 0 Å². The van der Waals surface area contributed by atoms with E-state index in [1.54, 1.807) is 13.8 Å². The molecule has 0 atom stereocenters. The highest BCUT2D eigenvalue weighted by molar-refractivity contribution is 6.12. The Kier molecular flexibility index (Phi) is 7.30. The predicted octanol–water partition coefficient (Wildman–Crippen LogP) is 3.16. The van der Waals surface area contributed by atoms with Gasteiger partial charge in [-0.25, -0.2) is 19.2 Å². The first kappa shape index (κ1) is 21.1. The molecule has 8 nitrogen and oxygen atoms in total. The van der Waals surface area contributed by atoms with Crippen molar-refractivity contribution in [2.24, 2.45) is 0 Å². The van der Waals surface area contributed by atoms with E-state index >= 15 is 0 Å². The van der Waals surface area contributed by atoms with Crippen LogP contribution in [0.4, 0.5) is 0 Å². The van der Waals surface area contributed by atoms with Gasteiger partial charge in [0.05, 0.1) is 22.3 Å². The van der Waals surface area contributed by atoms with Crippen molar-refractivity contribution in [3.8, 4) is 0 Å². The number of aromatic carboxylic acids is 4. The molecule has 8 heteroatoms. The molecule has 142 valence electrons. The van der Waals surface area contributed by atoms with Crippen molar-refractivity contribution >= 4 is 23.9 Å². The molecule has 0 aliphatic rings. The van der Waals surface area contributed by atoms with Gasteiger partial charge in [0.1, 0.15) is 0 Å². The summed E-state index contributed by atoms with van der Waals surface area (Å²) in [5.41, 5.74) is -3.00. The molecule has 1 aromatic carbocycles. The minimum Gasteiger partial charge on any atom is -0.478 e. The molecule has 0 amide bonds. The highest BCUT2D eigenvalue weighted by Crippen LogP contribution is 2.32. The van der Waals surface area contributed by atoms with Crippen molar-refractivity contribution in [3.63, 3.8) is 0 Å². The molecule has 0 bridgehead atoms. The van der Waals surface area contributed by atoms with Gasteiger partial charge in [0.25, 0.3) is 0 Å². The van der Waals surface area contributed by atoms with Gasteiger partial charge in [0.2, 0.25) is 0 Å². The number of benzene rings is 1. The number of hydrogen-bond acceptors (Lipinski definition) is 4. The first-order chi connectivity index (χ1) is 12.2. The van der Waals surface area contributed by atoms with E-state index < -0.39 is 46.1 Å². The first-order valence-electron chi connectivity index (χ1n) is 8.33. The fourth-order valence-corrected chi connectivity index (χ4v) is 3.00. The zero-order chi connectivity index (χ0) is 20.0. The van der Waals surface area contributed by atoms with E-state index in [1.807, 2.05) is 0 Å². The summed E-state index contributed by atoms with van der Waals surface area (Å²) in [7, 11) is 0. The molecule has 4 N–H and O–H groups in total. The van der Waals surface area contributed by atoms with Gasteiger partial charge in [-0.05, 0) is 36.8 Å². The summed E-state index contributed by atoms with van der Waals surface area (Å²) in [5.74, 6) is -6.31. The van der Waals surface area contributed by atoms with Gasteiger partial charge in [0, 0.05) is 0 Å². The zero-order valence-electron chi connectivity index (χ0n) is 14.7. The normalized spacial score (nSPS) is 10.5. The summed E-state index contributed by atoms with van der Waals surface area (Å²) in [6.45, 7) is 3.60. The zero-order valence-corrected chi connectivity index (χ0v) is 14.7. The van der Waals surface area contributed by atoms with E-state index in [4.69, 9.17) is 0 Å². The second-order valence-corrected chi connectivity index (χ2v) is 5.88. The van der Waals surface area contributed by atoms with Crippen LogP contribution in [0.15, 0.2) is 0 Å². The van der Waals surface area contributed by atoms with Crippen LogP contribution in [-0.2, 0) is 12.8 Å². The van der Waals surface area contributed by atoms with Gasteiger partial charge in [-0.2, -0.15) is 0 Å². The lowest BCUT2D eigenvalue weighted by atomic mass is 9.82. The van der Waals surface area contributed by atoms with Crippen molar-refractivity contribution in [1.29, 1.82) is 0 Å². The Balaban J connectivity index is 4.12. The van der Waals surface area contributed by atoms with E-state index in [0.717, 1.165) is 0 Å². The molecule has 0 fully saturated rings. The lowest BCUT2D eigenvalue weighted by Crippen LogP contribution is -2.24. The second-order valence-electron chi connectivity index (χ2n) is 5.88. The SMILES string of the molecule is CCCCc1c(C(=O)O)c(C(=O)O)c(CCCC)c(C(=O)O)c1C(=O)O. The van der Waals surface area contributed by atoms with Gasteiger partial charge >= 0.3 is 23.9 Å². The average molecular weight is 366 g/mol. The monoisotopic (exact) mass is 366 g/mol. The van der Waals surface area contributed by atoms with Gasteiger partial charge in [-0.1, -0.05) is 26.7 Å². The van der Waals surface area contributed by atoms with Gasteiger partial charge in [0.15, 0.2) is 0 Å². The summed E-state index contributed by atoms with van der Waals surface area (Å²) in [4.78, 5) is 47.2. The Morgan fingerprint density at radius 2 is 0.808 bits per heavy atom. The van der Waals surface area contributed by atoms with Gasteiger partial charge in [-0.15, -0.1) is 0 Å². The number of carboxylic acids is 4. The quantitative estimate of drug-likeness (QED) is 0.493. The molecule has 0 saturated carbocycles. The fraction of sp³-hybridized carbons (Fsp3) is 0.444. The molecule has 0 aromatic heterocycles. The summed E-state index contributed by atoms with van der Waals surface area (Å²) in [5, 5.41) is 38.3.